The van der Waals surface area contributed by atoms with Crippen molar-refractivity contribution in [3.05, 3.63) is 83.8 Å². The van der Waals surface area contributed by atoms with E-state index in [1.54, 1.807) is 49.4 Å². The molecule has 3 rings (SSSR count). The van der Waals surface area contributed by atoms with Crippen molar-refractivity contribution >= 4 is 33.4 Å². The molecule has 7 heteroatoms. The van der Waals surface area contributed by atoms with Gasteiger partial charge in [0.15, 0.2) is 0 Å². The Hall–Kier alpha value is -3.32. The largest absolute Gasteiger partial charge is 0.465 e. The number of rotatable bonds is 6. The van der Waals surface area contributed by atoms with Crippen LogP contribution in [0.2, 0.25) is 0 Å². The van der Waals surface area contributed by atoms with Crippen molar-refractivity contribution in [1.29, 1.82) is 0 Å². The lowest BCUT2D eigenvalue weighted by Crippen LogP contribution is -2.15. The topological polar surface area (TPSA) is 88.4 Å². The Morgan fingerprint density at radius 2 is 1.82 bits per heavy atom. The van der Waals surface area contributed by atoms with Gasteiger partial charge in [-0.1, -0.05) is 18.2 Å². The van der Waals surface area contributed by atoms with E-state index in [0.29, 0.717) is 22.7 Å². The standard InChI is InChI=1S/C21H20N2O4S/c1-15-5-3-6-18(13-15)23-28(25,26)20-14-17(9-8-16(20)2)22-21(24)11-10-19-7-4-12-27-19/h3-14,23H,1-2H3,(H,22,24)/b11-10+. The van der Waals surface area contributed by atoms with Crippen LogP contribution < -0.4 is 10.0 Å². The molecule has 0 unspecified atom stereocenters. The summed E-state index contributed by atoms with van der Waals surface area (Å²) in [4.78, 5) is 12.2. The van der Waals surface area contributed by atoms with Crippen molar-refractivity contribution in [2.75, 3.05) is 10.0 Å². The van der Waals surface area contributed by atoms with Crippen molar-refractivity contribution in [1.82, 2.24) is 0 Å². The van der Waals surface area contributed by atoms with Gasteiger partial charge in [-0.15, -0.1) is 0 Å². The SMILES string of the molecule is Cc1cccc(NS(=O)(=O)c2cc(NC(=O)/C=C/c3ccco3)ccc2C)c1. The maximum Gasteiger partial charge on any atom is 0.262 e. The number of hydrogen-bond donors (Lipinski definition) is 2. The van der Waals surface area contributed by atoms with E-state index in [0.717, 1.165) is 5.56 Å². The molecule has 1 amide bonds. The second-order valence-electron chi connectivity index (χ2n) is 6.29. The Labute approximate surface area is 163 Å². The van der Waals surface area contributed by atoms with Crippen LogP contribution in [0.5, 0.6) is 0 Å². The predicted molar refractivity (Wildman–Crippen MR) is 110 cm³/mol. The van der Waals surface area contributed by atoms with Crippen LogP contribution in [-0.4, -0.2) is 14.3 Å². The number of anilines is 2. The zero-order valence-electron chi connectivity index (χ0n) is 15.5. The van der Waals surface area contributed by atoms with Crippen LogP contribution in [0.1, 0.15) is 16.9 Å². The molecule has 144 valence electrons. The minimum absolute atomic E-state index is 0.0989. The van der Waals surface area contributed by atoms with Crippen molar-refractivity contribution in [2.24, 2.45) is 0 Å². The number of benzene rings is 2. The average molecular weight is 396 g/mol. The van der Waals surface area contributed by atoms with Gasteiger partial charge < -0.3 is 9.73 Å². The van der Waals surface area contributed by atoms with Crippen LogP contribution in [0.4, 0.5) is 11.4 Å². The number of amides is 1. The molecule has 1 aromatic heterocycles. The Morgan fingerprint density at radius 3 is 2.54 bits per heavy atom. The first-order chi connectivity index (χ1) is 13.3. The van der Waals surface area contributed by atoms with Gasteiger partial charge in [-0.3, -0.25) is 9.52 Å². The van der Waals surface area contributed by atoms with Gasteiger partial charge in [0.25, 0.3) is 10.0 Å². The lowest BCUT2D eigenvalue weighted by molar-refractivity contribution is -0.111. The maximum absolute atomic E-state index is 12.8. The van der Waals surface area contributed by atoms with Crippen molar-refractivity contribution in [2.45, 2.75) is 18.7 Å². The summed E-state index contributed by atoms with van der Waals surface area (Å²) in [5.74, 6) is 0.153. The van der Waals surface area contributed by atoms with Gasteiger partial charge in [0, 0.05) is 17.5 Å². The molecule has 0 saturated heterocycles. The Kier molecular flexibility index (Phi) is 5.65. The number of furan rings is 1. The molecule has 0 spiro atoms. The zero-order valence-corrected chi connectivity index (χ0v) is 16.3. The van der Waals surface area contributed by atoms with E-state index >= 15 is 0 Å². The van der Waals surface area contributed by atoms with Crippen LogP contribution in [0.3, 0.4) is 0 Å². The lowest BCUT2D eigenvalue weighted by atomic mass is 10.2. The quantitative estimate of drug-likeness (QED) is 0.606. The van der Waals surface area contributed by atoms with E-state index in [4.69, 9.17) is 4.42 Å². The Morgan fingerprint density at radius 1 is 1.00 bits per heavy atom. The van der Waals surface area contributed by atoms with E-state index in [9.17, 15) is 13.2 Å². The number of carbonyl (C=O) groups is 1. The summed E-state index contributed by atoms with van der Waals surface area (Å²) >= 11 is 0. The highest BCUT2D eigenvalue weighted by atomic mass is 32.2. The Bertz CT molecular complexity index is 1120. The van der Waals surface area contributed by atoms with Gasteiger partial charge in [0.05, 0.1) is 11.2 Å². The molecule has 0 aliphatic carbocycles. The molecule has 0 saturated carbocycles. The molecular weight excluding hydrogens is 376 g/mol. The van der Waals surface area contributed by atoms with Crippen LogP contribution >= 0.6 is 0 Å². The molecule has 0 aliphatic rings. The molecule has 2 N–H and O–H groups in total. The average Bonchev–Trinajstić information content (AvgIpc) is 3.15. The summed E-state index contributed by atoms with van der Waals surface area (Å²) in [7, 11) is -3.80. The highest BCUT2D eigenvalue weighted by Crippen LogP contribution is 2.23. The molecule has 3 aromatic rings. The highest BCUT2D eigenvalue weighted by molar-refractivity contribution is 7.92. The normalized spacial score (nSPS) is 11.5. The smallest absolute Gasteiger partial charge is 0.262 e. The van der Waals surface area contributed by atoms with Crippen LogP contribution in [0.15, 0.2) is 76.2 Å². The first kappa shape index (κ1) is 19.4. The summed E-state index contributed by atoms with van der Waals surface area (Å²) in [6.07, 6.45) is 4.36. The molecule has 0 fully saturated rings. The lowest BCUT2D eigenvalue weighted by Gasteiger charge is -2.12. The maximum atomic E-state index is 12.8. The molecule has 0 aliphatic heterocycles. The fourth-order valence-electron chi connectivity index (χ4n) is 2.61. The van der Waals surface area contributed by atoms with Gasteiger partial charge in [0.1, 0.15) is 5.76 Å². The third-order valence-electron chi connectivity index (χ3n) is 3.96. The van der Waals surface area contributed by atoms with Crippen LogP contribution in [0.25, 0.3) is 6.08 Å². The molecule has 6 nitrogen and oxygen atoms in total. The van der Waals surface area contributed by atoms with Gasteiger partial charge >= 0.3 is 0 Å². The summed E-state index contributed by atoms with van der Waals surface area (Å²) in [6.45, 7) is 3.59. The van der Waals surface area contributed by atoms with E-state index in [-0.39, 0.29) is 4.90 Å². The molecular formula is C21H20N2O4S. The summed E-state index contributed by atoms with van der Waals surface area (Å²) < 4.78 is 33.3. The number of hydrogen-bond acceptors (Lipinski definition) is 4. The molecule has 0 atom stereocenters. The first-order valence-electron chi connectivity index (χ1n) is 8.56. The molecule has 0 bridgehead atoms. The summed E-state index contributed by atoms with van der Waals surface area (Å²) in [5.41, 5.74) is 2.38. The number of aryl methyl sites for hydroxylation is 2. The monoisotopic (exact) mass is 396 g/mol. The minimum Gasteiger partial charge on any atom is -0.465 e. The molecule has 2 aromatic carbocycles. The van der Waals surface area contributed by atoms with Crippen LogP contribution in [-0.2, 0) is 14.8 Å². The fourth-order valence-corrected chi connectivity index (χ4v) is 3.94. The summed E-state index contributed by atoms with van der Waals surface area (Å²) in [6, 6.07) is 15.3. The Balaban J connectivity index is 1.79. The first-order valence-corrected chi connectivity index (χ1v) is 10.0. The van der Waals surface area contributed by atoms with Gasteiger partial charge in [-0.05, 0) is 67.4 Å². The molecule has 0 radical (unpaired) electrons. The van der Waals surface area contributed by atoms with Gasteiger partial charge in [0.2, 0.25) is 5.91 Å². The van der Waals surface area contributed by atoms with Crippen LogP contribution in [0, 0.1) is 13.8 Å². The molecule has 1 heterocycles. The third-order valence-corrected chi connectivity index (χ3v) is 5.48. The van der Waals surface area contributed by atoms with Crippen molar-refractivity contribution in [3.8, 4) is 0 Å². The van der Waals surface area contributed by atoms with Gasteiger partial charge in [-0.2, -0.15) is 0 Å². The van der Waals surface area contributed by atoms with E-state index in [2.05, 4.69) is 10.0 Å². The minimum atomic E-state index is -3.80. The predicted octanol–water partition coefficient (Wildman–Crippen LogP) is 4.35. The number of sulfonamides is 1. The zero-order chi connectivity index (χ0) is 20.1. The van der Waals surface area contributed by atoms with E-state index in [1.807, 2.05) is 13.0 Å². The molecule has 28 heavy (non-hydrogen) atoms. The van der Waals surface area contributed by atoms with Gasteiger partial charge in [-0.25, -0.2) is 8.42 Å². The van der Waals surface area contributed by atoms with E-state index < -0.39 is 15.9 Å². The fraction of sp³-hybridized carbons (Fsp3) is 0.0952. The highest BCUT2D eigenvalue weighted by Gasteiger charge is 2.18. The van der Waals surface area contributed by atoms with Crippen molar-refractivity contribution in [3.63, 3.8) is 0 Å². The number of carbonyl (C=O) groups excluding carboxylic acids is 1. The van der Waals surface area contributed by atoms with Crippen molar-refractivity contribution < 1.29 is 17.6 Å². The second-order valence-corrected chi connectivity index (χ2v) is 7.94. The summed E-state index contributed by atoms with van der Waals surface area (Å²) in [5, 5.41) is 2.66. The third kappa shape index (κ3) is 4.89. The second kappa shape index (κ2) is 8.14. The van der Waals surface area contributed by atoms with E-state index in [1.165, 1.54) is 24.5 Å². The number of nitrogens with one attached hydrogen (secondary N) is 2.